The zero-order valence-corrected chi connectivity index (χ0v) is 11.5. The van der Waals surface area contributed by atoms with Crippen LogP contribution in [0.25, 0.3) is 0 Å². The number of hydrogen-bond acceptors (Lipinski definition) is 3. The first kappa shape index (κ1) is 14.9. The molecule has 0 bridgehead atoms. The molecule has 0 aromatic carbocycles. The van der Waals surface area contributed by atoms with E-state index in [9.17, 15) is 5.21 Å². The Bertz CT molecular complexity index is 187. The molecule has 3 nitrogen and oxygen atoms in total. The van der Waals surface area contributed by atoms with E-state index in [4.69, 9.17) is 4.74 Å². The van der Waals surface area contributed by atoms with Gasteiger partial charge in [-0.1, -0.05) is 52.4 Å². The maximum Gasteiger partial charge on any atom is 0.0800 e. The average molecular weight is 242 g/mol. The van der Waals surface area contributed by atoms with Gasteiger partial charge in [0.05, 0.1) is 12.2 Å². The van der Waals surface area contributed by atoms with Crippen molar-refractivity contribution >= 4 is 0 Å². The molecule has 102 valence electrons. The minimum Gasteiger partial charge on any atom is -0.785 e. The number of hydrogen-bond donors (Lipinski definition) is 0. The van der Waals surface area contributed by atoms with Crippen LogP contribution in [-0.4, -0.2) is 30.4 Å². The molecule has 17 heavy (non-hydrogen) atoms. The van der Waals surface area contributed by atoms with Crippen LogP contribution in [-0.2, 0) is 4.74 Å². The van der Waals surface area contributed by atoms with Crippen LogP contribution in [0.15, 0.2) is 0 Å². The van der Waals surface area contributed by atoms with Crippen LogP contribution in [0.2, 0.25) is 0 Å². The lowest BCUT2D eigenvalue weighted by Crippen LogP contribution is -2.49. The lowest BCUT2D eigenvalue weighted by Gasteiger charge is -2.46. The first-order valence-electron chi connectivity index (χ1n) is 7.28. The number of nitrogens with zero attached hydrogens (tertiary/aromatic N) is 1. The van der Waals surface area contributed by atoms with Gasteiger partial charge in [0.25, 0.3) is 0 Å². The topological polar surface area (TPSA) is 35.5 Å². The molecule has 0 spiro atoms. The fourth-order valence-electron chi connectivity index (χ4n) is 2.63. The Morgan fingerprint density at radius 1 is 1.06 bits per heavy atom. The molecule has 1 aliphatic heterocycles. The van der Waals surface area contributed by atoms with Gasteiger partial charge in [-0.2, -0.15) is 0 Å². The zero-order valence-electron chi connectivity index (χ0n) is 11.5. The van der Waals surface area contributed by atoms with Gasteiger partial charge in [0.1, 0.15) is 0 Å². The number of morpholine rings is 1. The van der Waals surface area contributed by atoms with Crippen molar-refractivity contribution in [3.05, 3.63) is 5.21 Å². The molecule has 0 saturated carbocycles. The molecule has 1 fully saturated rings. The van der Waals surface area contributed by atoms with E-state index in [0.29, 0.717) is 19.7 Å². The summed E-state index contributed by atoms with van der Waals surface area (Å²) >= 11 is 0. The molecule has 0 atom stereocenters. The second-order valence-corrected chi connectivity index (χ2v) is 5.31. The summed E-state index contributed by atoms with van der Waals surface area (Å²) in [6.45, 7) is 6.17. The van der Waals surface area contributed by atoms with Gasteiger partial charge in [-0.3, -0.25) is 0 Å². The van der Waals surface area contributed by atoms with Crippen LogP contribution < -0.4 is 0 Å². The van der Waals surface area contributed by atoms with Crippen LogP contribution in [0.1, 0.15) is 65.2 Å². The molecule has 0 aromatic rings. The van der Waals surface area contributed by atoms with E-state index >= 15 is 0 Å². The third kappa shape index (κ3) is 5.36. The summed E-state index contributed by atoms with van der Waals surface area (Å²) in [4.78, 5) is 0. The molecular weight excluding hydrogens is 214 g/mol. The summed E-state index contributed by atoms with van der Waals surface area (Å²) in [7, 11) is 0. The molecule has 0 unspecified atom stereocenters. The minimum absolute atomic E-state index is 0.135. The molecule has 1 heterocycles. The highest BCUT2D eigenvalue weighted by Crippen LogP contribution is 2.30. The van der Waals surface area contributed by atoms with Crippen LogP contribution in [0.4, 0.5) is 0 Å². The Kier molecular flexibility index (Phi) is 7.09. The number of rotatable bonds is 8. The number of unbranched alkanes of at least 4 members (excludes halogenated alkanes) is 4. The SMILES string of the molecule is CCCCCC1(CCCCC)CN([O-])CCO1. The van der Waals surface area contributed by atoms with Gasteiger partial charge in [-0.25, -0.2) is 0 Å². The fraction of sp³-hybridized carbons (Fsp3) is 1.00. The lowest BCUT2D eigenvalue weighted by atomic mass is 9.88. The van der Waals surface area contributed by atoms with Crippen molar-refractivity contribution in [3.63, 3.8) is 0 Å². The predicted octanol–water partition coefficient (Wildman–Crippen LogP) is 3.72. The Hall–Kier alpha value is -0.120. The molecule has 1 aliphatic rings. The van der Waals surface area contributed by atoms with E-state index in [2.05, 4.69) is 13.8 Å². The van der Waals surface area contributed by atoms with Crippen molar-refractivity contribution in [2.75, 3.05) is 19.7 Å². The standard InChI is InChI=1S/C14H28NO2/c1-3-5-7-9-14(10-8-6-4-2)13-15(16)11-12-17-14/h3-13H2,1-2H3/q-1. The van der Waals surface area contributed by atoms with E-state index in [1.165, 1.54) is 43.6 Å². The van der Waals surface area contributed by atoms with Crippen molar-refractivity contribution in [1.82, 2.24) is 5.06 Å². The monoisotopic (exact) mass is 242 g/mol. The summed E-state index contributed by atoms with van der Waals surface area (Å²) in [6.07, 6.45) is 9.45. The van der Waals surface area contributed by atoms with Crippen molar-refractivity contribution in [2.45, 2.75) is 70.8 Å². The summed E-state index contributed by atoms with van der Waals surface area (Å²) in [6, 6.07) is 0. The van der Waals surface area contributed by atoms with Crippen molar-refractivity contribution in [3.8, 4) is 0 Å². The third-order valence-electron chi connectivity index (χ3n) is 3.69. The average Bonchev–Trinajstić information content (AvgIpc) is 2.30. The van der Waals surface area contributed by atoms with E-state index in [0.717, 1.165) is 12.8 Å². The highest BCUT2D eigenvalue weighted by Gasteiger charge is 2.32. The molecule has 3 heteroatoms. The largest absolute Gasteiger partial charge is 0.785 e. The summed E-state index contributed by atoms with van der Waals surface area (Å²) < 4.78 is 5.99. The maximum absolute atomic E-state index is 11.6. The quantitative estimate of drug-likeness (QED) is 0.609. The molecular formula is C14H28NO2-. The van der Waals surface area contributed by atoms with Crippen LogP contribution in [0, 0.1) is 5.21 Å². The van der Waals surface area contributed by atoms with E-state index < -0.39 is 0 Å². The molecule has 0 radical (unpaired) electrons. The van der Waals surface area contributed by atoms with Gasteiger partial charge in [-0.05, 0) is 12.8 Å². The van der Waals surface area contributed by atoms with Crippen LogP contribution in [0.5, 0.6) is 0 Å². The number of ether oxygens (including phenoxy) is 1. The van der Waals surface area contributed by atoms with Gasteiger partial charge in [0.2, 0.25) is 0 Å². The molecule has 1 rings (SSSR count). The van der Waals surface area contributed by atoms with Gasteiger partial charge in [0.15, 0.2) is 0 Å². The first-order chi connectivity index (χ1) is 8.22. The zero-order chi connectivity index (χ0) is 12.6. The summed E-state index contributed by atoms with van der Waals surface area (Å²) in [5.41, 5.74) is -0.135. The smallest absolute Gasteiger partial charge is 0.0800 e. The van der Waals surface area contributed by atoms with Crippen LogP contribution in [0.3, 0.4) is 0 Å². The Balaban J connectivity index is 2.43. The molecule has 0 aromatic heterocycles. The fourth-order valence-corrected chi connectivity index (χ4v) is 2.63. The summed E-state index contributed by atoms with van der Waals surface area (Å²) in [5.74, 6) is 0. The molecule has 1 saturated heterocycles. The van der Waals surface area contributed by atoms with Gasteiger partial charge in [0, 0.05) is 13.1 Å². The Labute approximate surface area is 106 Å². The minimum atomic E-state index is -0.135. The van der Waals surface area contributed by atoms with Crippen LogP contribution >= 0.6 is 0 Å². The maximum atomic E-state index is 11.6. The molecule has 0 aliphatic carbocycles. The van der Waals surface area contributed by atoms with E-state index in [1.807, 2.05) is 0 Å². The highest BCUT2D eigenvalue weighted by molar-refractivity contribution is 4.88. The lowest BCUT2D eigenvalue weighted by molar-refractivity contribution is -0.109. The highest BCUT2D eigenvalue weighted by atomic mass is 16.5. The summed E-state index contributed by atoms with van der Waals surface area (Å²) in [5, 5.41) is 12.8. The first-order valence-corrected chi connectivity index (χ1v) is 7.28. The van der Waals surface area contributed by atoms with Gasteiger partial charge >= 0.3 is 0 Å². The van der Waals surface area contributed by atoms with E-state index in [1.54, 1.807) is 0 Å². The molecule has 0 N–H and O–H groups in total. The second kappa shape index (κ2) is 8.06. The van der Waals surface area contributed by atoms with Gasteiger partial charge < -0.3 is 15.0 Å². The van der Waals surface area contributed by atoms with Crippen molar-refractivity contribution in [2.24, 2.45) is 0 Å². The second-order valence-electron chi connectivity index (χ2n) is 5.31. The normalized spacial score (nSPS) is 20.6. The van der Waals surface area contributed by atoms with Gasteiger partial charge in [-0.15, -0.1) is 0 Å². The van der Waals surface area contributed by atoms with Crippen molar-refractivity contribution < 1.29 is 4.74 Å². The number of hydroxylamine groups is 2. The van der Waals surface area contributed by atoms with Crippen molar-refractivity contribution in [1.29, 1.82) is 0 Å². The van der Waals surface area contributed by atoms with E-state index in [-0.39, 0.29) is 5.60 Å². The third-order valence-corrected chi connectivity index (χ3v) is 3.69. The molecule has 0 amide bonds. The Morgan fingerprint density at radius 2 is 1.65 bits per heavy atom. The predicted molar refractivity (Wildman–Crippen MR) is 71.9 cm³/mol. The Morgan fingerprint density at radius 3 is 2.12 bits per heavy atom.